The van der Waals surface area contributed by atoms with Crippen molar-refractivity contribution < 1.29 is 9.13 Å². The first-order chi connectivity index (χ1) is 8.56. The molecule has 1 aromatic carbocycles. The molecule has 3 nitrogen and oxygen atoms in total. The van der Waals surface area contributed by atoms with Gasteiger partial charge in [-0.2, -0.15) is 0 Å². The van der Waals surface area contributed by atoms with Gasteiger partial charge in [0.2, 0.25) is 0 Å². The van der Waals surface area contributed by atoms with Crippen molar-refractivity contribution in [2.24, 2.45) is 10.7 Å². The van der Waals surface area contributed by atoms with Crippen molar-refractivity contribution in [1.82, 2.24) is 0 Å². The highest BCUT2D eigenvalue weighted by atomic mass is 32.2. The Hall–Kier alpha value is -1.23. The monoisotopic (exact) mass is 270 g/mol. The average molecular weight is 270 g/mol. The minimum absolute atomic E-state index is 0.227. The molecule has 0 aromatic heterocycles. The van der Waals surface area contributed by atoms with Crippen LogP contribution in [-0.4, -0.2) is 18.3 Å². The standard InChI is InChI=1S/C13H19FN2OS/c1-4-9(2)16-13(15)18-8-10-5-6-12(17-3)11(14)7-10/h5-7,9H,4,8H2,1-3H3,(H2,15,16)/t9-/m1/s1. The van der Waals surface area contributed by atoms with Crippen LogP contribution in [0.1, 0.15) is 25.8 Å². The fourth-order valence-corrected chi connectivity index (χ4v) is 2.05. The molecule has 0 unspecified atom stereocenters. The molecule has 2 N–H and O–H groups in total. The van der Waals surface area contributed by atoms with Crippen molar-refractivity contribution in [1.29, 1.82) is 0 Å². The first-order valence-electron chi connectivity index (χ1n) is 5.85. The second kappa shape index (κ2) is 7.26. The van der Waals surface area contributed by atoms with Gasteiger partial charge in [0, 0.05) is 11.8 Å². The van der Waals surface area contributed by atoms with E-state index in [4.69, 9.17) is 10.5 Å². The Morgan fingerprint density at radius 3 is 2.83 bits per heavy atom. The number of ether oxygens (including phenoxy) is 1. The number of benzene rings is 1. The van der Waals surface area contributed by atoms with Crippen LogP contribution in [-0.2, 0) is 5.75 Å². The molecule has 0 aliphatic heterocycles. The Morgan fingerprint density at radius 1 is 1.56 bits per heavy atom. The molecular weight excluding hydrogens is 251 g/mol. The molecule has 1 atom stereocenters. The number of nitrogens with zero attached hydrogens (tertiary/aromatic N) is 1. The number of hydrogen-bond acceptors (Lipinski definition) is 3. The summed E-state index contributed by atoms with van der Waals surface area (Å²) in [5.74, 6) is 0.505. The van der Waals surface area contributed by atoms with Gasteiger partial charge in [0.05, 0.1) is 7.11 Å². The largest absolute Gasteiger partial charge is 0.494 e. The third kappa shape index (κ3) is 4.56. The van der Waals surface area contributed by atoms with Gasteiger partial charge in [0.15, 0.2) is 16.7 Å². The van der Waals surface area contributed by atoms with E-state index in [0.29, 0.717) is 10.9 Å². The van der Waals surface area contributed by atoms with E-state index in [9.17, 15) is 4.39 Å². The van der Waals surface area contributed by atoms with Gasteiger partial charge in [0.25, 0.3) is 0 Å². The first kappa shape index (κ1) is 14.8. The molecule has 0 bridgehead atoms. The van der Waals surface area contributed by atoms with Gasteiger partial charge in [-0.05, 0) is 31.0 Å². The van der Waals surface area contributed by atoms with Crippen LogP contribution in [0, 0.1) is 5.82 Å². The molecule has 1 rings (SSSR count). The van der Waals surface area contributed by atoms with E-state index in [1.54, 1.807) is 6.07 Å². The minimum atomic E-state index is -0.354. The molecule has 0 aliphatic rings. The summed E-state index contributed by atoms with van der Waals surface area (Å²) < 4.78 is 18.3. The molecule has 0 amide bonds. The Balaban J connectivity index is 2.58. The number of hydrogen-bond donors (Lipinski definition) is 1. The van der Waals surface area contributed by atoms with Crippen molar-refractivity contribution in [3.8, 4) is 5.75 Å². The lowest BCUT2D eigenvalue weighted by Crippen LogP contribution is -2.11. The topological polar surface area (TPSA) is 47.6 Å². The number of rotatable bonds is 5. The maximum absolute atomic E-state index is 13.4. The highest BCUT2D eigenvalue weighted by Gasteiger charge is 2.05. The van der Waals surface area contributed by atoms with Crippen LogP contribution >= 0.6 is 11.8 Å². The highest BCUT2D eigenvalue weighted by molar-refractivity contribution is 8.13. The van der Waals surface area contributed by atoms with Crippen molar-refractivity contribution >= 4 is 16.9 Å². The van der Waals surface area contributed by atoms with E-state index in [2.05, 4.69) is 11.9 Å². The lowest BCUT2D eigenvalue weighted by atomic mass is 10.2. The molecule has 1 aromatic rings. The van der Waals surface area contributed by atoms with Crippen molar-refractivity contribution in [2.45, 2.75) is 32.1 Å². The summed E-state index contributed by atoms with van der Waals surface area (Å²) in [6.07, 6.45) is 0.957. The minimum Gasteiger partial charge on any atom is -0.494 e. The Kier molecular flexibility index (Phi) is 5.98. The Bertz CT molecular complexity index is 423. The van der Waals surface area contributed by atoms with Crippen LogP contribution in [0.25, 0.3) is 0 Å². The van der Waals surface area contributed by atoms with Gasteiger partial charge in [-0.3, -0.25) is 4.99 Å². The fraction of sp³-hybridized carbons (Fsp3) is 0.462. The molecule has 0 radical (unpaired) electrons. The van der Waals surface area contributed by atoms with Crippen LogP contribution in [0.15, 0.2) is 23.2 Å². The second-order valence-electron chi connectivity index (χ2n) is 3.98. The Morgan fingerprint density at radius 2 is 2.28 bits per heavy atom. The van der Waals surface area contributed by atoms with E-state index in [0.717, 1.165) is 12.0 Å². The molecule has 0 spiro atoms. The van der Waals surface area contributed by atoms with Gasteiger partial charge < -0.3 is 10.5 Å². The van der Waals surface area contributed by atoms with Crippen molar-refractivity contribution in [2.75, 3.05) is 7.11 Å². The molecular formula is C13H19FN2OS. The smallest absolute Gasteiger partial charge is 0.165 e. The van der Waals surface area contributed by atoms with Crippen LogP contribution in [0.3, 0.4) is 0 Å². The third-order valence-corrected chi connectivity index (χ3v) is 3.42. The lowest BCUT2D eigenvalue weighted by Gasteiger charge is -2.06. The average Bonchev–Trinajstić information content (AvgIpc) is 2.36. The zero-order valence-electron chi connectivity index (χ0n) is 10.9. The SMILES string of the molecule is CC[C@@H](C)N=C(N)SCc1ccc(OC)c(F)c1. The number of methoxy groups -OCH3 is 1. The number of amidine groups is 1. The van der Waals surface area contributed by atoms with E-state index in [-0.39, 0.29) is 17.6 Å². The highest BCUT2D eigenvalue weighted by Crippen LogP contribution is 2.20. The van der Waals surface area contributed by atoms with Gasteiger partial charge in [-0.1, -0.05) is 24.8 Å². The second-order valence-corrected chi connectivity index (χ2v) is 4.98. The first-order valence-corrected chi connectivity index (χ1v) is 6.83. The summed E-state index contributed by atoms with van der Waals surface area (Å²) in [6, 6.07) is 5.13. The molecule has 0 saturated heterocycles. The molecule has 0 aliphatic carbocycles. The van der Waals surface area contributed by atoms with E-state index >= 15 is 0 Å². The number of thioether (sulfide) groups is 1. The summed E-state index contributed by atoms with van der Waals surface area (Å²) in [6.45, 7) is 4.07. The van der Waals surface area contributed by atoms with Crippen LogP contribution in [0.5, 0.6) is 5.75 Å². The summed E-state index contributed by atoms with van der Waals surface area (Å²) in [5.41, 5.74) is 6.65. The lowest BCUT2D eigenvalue weighted by molar-refractivity contribution is 0.386. The Labute approximate surface area is 112 Å². The summed E-state index contributed by atoms with van der Waals surface area (Å²) >= 11 is 1.42. The van der Waals surface area contributed by atoms with Gasteiger partial charge in [0.1, 0.15) is 0 Å². The fourth-order valence-electron chi connectivity index (χ4n) is 1.30. The molecule has 0 fully saturated rings. The van der Waals surface area contributed by atoms with Crippen LogP contribution < -0.4 is 10.5 Å². The third-order valence-electron chi connectivity index (χ3n) is 2.54. The predicted molar refractivity (Wildman–Crippen MR) is 75.6 cm³/mol. The van der Waals surface area contributed by atoms with Gasteiger partial charge in [-0.25, -0.2) is 4.39 Å². The van der Waals surface area contributed by atoms with Crippen molar-refractivity contribution in [3.63, 3.8) is 0 Å². The predicted octanol–water partition coefficient (Wildman–Crippen LogP) is 3.18. The molecule has 18 heavy (non-hydrogen) atoms. The maximum atomic E-state index is 13.4. The molecule has 0 saturated carbocycles. The molecule has 100 valence electrons. The summed E-state index contributed by atoms with van der Waals surface area (Å²) in [7, 11) is 1.45. The van der Waals surface area contributed by atoms with E-state index in [1.165, 1.54) is 24.9 Å². The summed E-state index contributed by atoms with van der Waals surface area (Å²) in [5, 5.41) is 0.542. The molecule has 5 heteroatoms. The van der Waals surface area contributed by atoms with E-state index in [1.807, 2.05) is 13.0 Å². The zero-order valence-corrected chi connectivity index (χ0v) is 11.8. The quantitative estimate of drug-likeness (QED) is 0.660. The van der Waals surface area contributed by atoms with Crippen LogP contribution in [0.2, 0.25) is 0 Å². The number of nitrogens with two attached hydrogens (primary N) is 1. The van der Waals surface area contributed by atoms with Crippen molar-refractivity contribution in [3.05, 3.63) is 29.6 Å². The van der Waals surface area contributed by atoms with Gasteiger partial charge in [-0.15, -0.1) is 0 Å². The van der Waals surface area contributed by atoms with Crippen LogP contribution in [0.4, 0.5) is 4.39 Å². The summed E-state index contributed by atoms with van der Waals surface area (Å²) in [4.78, 5) is 4.31. The zero-order chi connectivity index (χ0) is 13.5. The molecule has 0 heterocycles. The van der Waals surface area contributed by atoms with E-state index < -0.39 is 0 Å². The normalized spacial score (nSPS) is 13.4. The number of aliphatic imine (C=N–C) groups is 1. The number of halogens is 1. The maximum Gasteiger partial charge on any atom is 0.165 e. The van der Waals surface area contributed by atoms with Gasteiger partial charge >= 0.3 is 0 Å².